The van der Waals surface area contributed by atoms with Crippen LogP contribution in [0.4, 0.5) is 5.69 Å². The maximum absolute atomic E-state index is 12.4. The van der Waals surface area contributed by atoms with Crippen LogP contribution < -0.4 is 10.9 Å². The summed E-state index contributed by atoms with van der Waals surface area (Å²) in [5.41, 5.74) is 1.17. The summed E-state index contributed by atoms with van der Waals surface area (Å²) < 4.78 is 9.96. The summed E-state index contributed by atoms with van der Waals surface area (Å²) >= 11 is 5.95. The minimum atomic E-state index is -0.605. The van der Waals surface area contributed by atoms with Crippen LogP contribution in [0.1, 0.15) is 27.9 Å². The normalized spacial score (nSPS) is 10.7. The number of phenolic OH excluding ortho intramolecular Hbond substituents is 1. The summed E-state index contributed by atoms with van der Waals surface area (Å²) in [7, 11) is 1.24. The van der Waals surface area contributed by atoms with Crippen molar-refractivity contribution in [3.63, 3.8) is 0 Å². The van der Waals surface area contributed by atoms with Crippen LogP contribution >= 0.6 is 11.6 Å². The summed E-state index contributed by atoms with van der Waals surface area (Å²) in [4.78, 5) is 36.6. The number of carbonyl (C=O) groups excluding carboxylic acids is 2. The fourth-order valence-electron chi connectivity index (χ4n) is 3.03. The second-order valence-corrected chi connectivity index (χ2v) is 6.84. The number of hydrogen-bond donors (Lipinski definition) is 2. The molecule has 2 N–H and O–H groups in total. The third-order valence-electron chi connectivity index (χ3n) is 4.53. The molecule has 0 atom stereocenters. The van der Waals surface area contributed by atoms with E-state index in [9.17, 15) is 19.5 Å². The number of halogens is 1. The average molecular weight is 416 g/mol. The Morgan fingerprint density at radius 1 is 1.21 bits per heavy atom. The van der Waals surface area contributed by atoms with E-state index in [4.69, 9.17) is 20.8 Å². The van der Waals surface area contributed by atoms with E-state index in [1.807, 2.05) is 0 Å². The largest absolute Gasteiger partial charge is 0.508 e. The fraction of sp³-hybridized carbons (Fsp3) is 0.190. The molecule has 3 aromatic rings. The third kappa shape index (κ3) is 4.41. The van der Waals surface area contributed by atoms with E-state index in [0.29, 0.717) is 21.5 Å². The Hall–Kier alpha value is -3.32. The average Bonchev–Trinajstić information content (AvgIpc) is 2.67. The van der Waals surface area contributed by atoms with Gasteiger partial charge in [0.25, 0.3) is 0 Å². The number of hydrogen-bond acceptors (Lipinski definition) is 6. The minimum absolute atomic E-state index is 0.00453. The quantitative estimate of drug-likeness (QED) is 0.484. The van der Waals surface area contributed by atoms with Crippen molar-refractivity contribution >= 4 is 40.1 Å². The topological polar surface area (TPSA) is 106 Å². The van der Waals surface area contributed by atoms with E-state index in [0.717, 1.165) is 0 Å². The molecule has 7 nitrogen and oxygen atoms in total. The predicted octanol–water partition coefficient (Wildman–Crippen LogP) is 3.82. The Morgan fingerprint density at radius 2 is 1.97 bits per heavy atom. The van der Waals surface area contributed by atoms with Gasteiger partial charge in [-0.25, -0.2) is 9.59 Å². The minimum Gasteiger partial charge on any atom is -0.508 e. The number of aryl methyl sites for hydroxylation is 1. The van der Waals surface area contributed by atoms with Gasteiger partial charge < -0.3 is 19.6 Å². The van der Waals surface area contributed by atoms with Gasteiger partial charge in [0.05, 0.1) is 18.4 Å². The van der Waals surface area contributed by atoms with Crippen molar-refractivity contribution < 1.29 is 23.8 Å². The van der Waals surface area contributed by atoms with Crippen LogP contribution in [0.2, 0.25) is 5.02 Å². The number of aromatic hydroxyl groups is 1. The number of carbonyl (C=O) groups is 2. The molecular formula is C21H18ClNO6. The predicted molar refractivity (Wildman–Crippen MR) is 109 cm³/mol. The molecule has 0 saturated carbocycles. The molecule has 150 valence electrons. The number of anilines is 1. The number of methoxy groups -OCH3 is 1. The Balaban J connectivity index is 1.80. The Labute approximate surface area is 170 Å². The highest BCUT2D eigenvalue weighted by Crippen LogP contribution is 2.25. The van der Waals surface area contributed by atoms with E-state index in [-0.39, 0.29) is 35.4 Å². The number of amides is 1. The van der Waals surface area contributed by atoms with Gasteiger partial charge in [-0.05, 0) is 49.2 Å². The zero-order valence-corrected chi connectivity index (χ0v) is 16.5. The summed E-state index contributed by atoms with van der Waals surface area (Å²) in [6.45, 7) is 1.76. The molecule has 1 amide bonds. The molecule has 0 aliphatic carbocycles. The van der Waals surface area contributed by atoms with Gasteiger partial charge >= 0.3 is 11.6 Å². The van der Waals surface area contributed by atoms with Gasteiger partial charge in [0, 0.05) is 28.5 Å². The third-order valence-corrected chi connectivity index (χ3v) is 4.77. The van der Waals surface area contributed by atoms with Crippen molar-refractivity contribution in [3.8, 4) is 5.75 Å². The van der Waals surface area contributed by atoms with Crippen LogP contribution in [-0.2, 0) is 16.0 Å². The van der Waals surface area contributed by atoms with Crippen LogP contribution in [0.15, 0.2) is 45.6 Å². The molecule has 1 heterocycles. The lowest BCUT2D eigenvalue weighted by molar-refractivity contribution is -0.116. The molecule has 0 unspecified atom stereocenters. The van der Waals surface area contributed by atoms with Crippen LogP contribution in [0.25, 0.3) is 11.0 Å². The van der Waals surface area contributed by atoms with Crippen LogP contribution in [0.3, 0.4) is 0 Å². The molecular weight excluding hydrogens is 398 g/mol. The second-order valence-electron chi connectivity index (χ2n) is 6.40. The van der Waals surface area contributed by atoms with E-state index in [2.05, 4.69) is 5.32 Å². The molecule has 0 aliphatic rings. The molecule has 0 radical (unpaired) electrons. The Bertz CT molecular complexity index is 1170. The fourth-order valence-corrected chi connectivity index (χ4v) is 3.20. The van der Waals surface area contributed by atoms with Gasteiger partial charge in [-0.15, -0.1) is 0 Å². The van der Waals surface area contributed by atoms with Gasteiger partial charge in [0.1, 0.15) is 11.3 Å². The van der Waals surface area contributed by atoms with E-state index in [1.54, 1.807) is 13.0 Å². The Kier molecular flexibility index (Phi) is 5.89. The highest BCUT2D eigenvalue weighted by molar-refractivity contribution is 6.31. The number of rotatable bonds is 5. The van der Waals surface area contributed by atoms with Gasteiger partial charge in [0.15, 0.2) is 0 Å². The first-order chi connectivity index (χ1) is 13.8. The molecule has 29 heavy (non-hydrogen) atoms. The highest BCUT2D eigenvalue weighted by atomic mass is 35.5. The molecule has 0 spiro atoms. The van der Waals surface area contributed by atoms with E-state index < -0.39 is 17.5 Å². The van der Waals surface area contributed by atoms with Gasteiger partial charge in [-0.2, -0.15) is 0 Å². The maximum Gasteiger partial charge on any atom is 0.339 e. The van der Waals surface area contributed by atoms with Gasteiger partial charge in [0.2, 0.25) is 5.91 Å². The van der Waals surface area contributed by atoms with Crippen molar-refractivity contribution in [3.05, 3.63) is 68.5 Å². The standard InChI is InChI=1S/C21H18ClNO6/c1-11-14-6-4-13(24)10-18(14)29-21(27)15(11)7-8-19(25)23-17-9-12(22)3-5-16(17)20(26)28-2/h3-6,9-10,24H,7-8H2,1-2H3,(H,23,25). The first-order valence-corrected chi connectivity index (χ1v) is 9.11. The van der Waals surface area contributed by atoms with Crippen molar-refractivity contribution in [2.75, 3.05) is 12.4 Å². The van der Waals surface area contributed by atoms with Crippen molar-refractivity contribution in [2.45, 2.75) is 19.8 Å². The zero-order chi connectivity index (χ0) is 21.1. The van der Waals surface area contributed by atoms with Crippen LogP contribution in [0.5, 0.6) is 5.75 Å². The molecule has 0 aliphatic heterocycles. The smallest absolute Gasteiger partial charge is 0.339 e. The molecule has 0 saturated heterocycles. The summed E-state index contributed by atoms with van der Waals surface area (Å²) in [5, 5.41) is 13.2. The highest BCUT2D eigenvalue weighted by Gasteiger charge is 2.17. The monoisotopic (exact) mass is 415 g/mol. The van der Waals surface area contributed by atoms with Crippen LogP contribution in [-0.4, -0.2) is 24.1 Å². The summed E-state index contributed by atoms with van der Waals surface area (Å²) in [5.74, 6) is -1.01. The van der Waals surface area contributed by atoms with Crippen LogP contribution in [0, 0.1) is 6.92 Å². The number of fused-ring (bicyclic) bond motifs is 1. The van der Waals surface area contributed by atoms with Crippen molar-refractivity contribution in [1.82, 2.24) is 0 Å². The summed E-state index contributed by atoms with van der Waals surface area (Å²) in [6.07, 6.45) is 0.132. The number of nitrogens with one attached hydrogen (secondary N) is 1. The van der Waals surface area contributed by atoms with Crippen molar-refractivity contribution in [1.29, 1.82) is 0 Å². The molecule has 1 aromatic heterocycles. The lowest BCUT2D eigenvalue weighted by Crippen LogP contribution is -2.18. The number of ether oxygens (including phenoxy) is 1. The molecule has 8 heteroatoms. The van der Waals surface area contributed by atoms with E-state index >= 15 is 0 Å². The lowest BCUT2D eigenvalue weighted by Gasteiger charge is -2.11. The summed E-state index contributed by atoms with van der Waals surface area (Å²) in [6, 6.07) is 8.95. The van der Waals surface area contributed by atoms with Gasteiger partial charge in [-0.3, -0.25) is 4.79 Å². The molecule has 0 fully saturated rings. The van der Waals surface area contributed by atoms with Crippen molar-refractivity contribution in [2.24, 2.45) is 0 Å². The van der Waals surface area contributed by atoms with E-state index in [1.165, 1.54) is 37.4 Å². The number of benzene rings is 2. The first-order valence-electron chi connectivity index (χ1n) is 8.73. The number of esters is 1. The SMILES string of the molecule is COC(=O)c1ccc(Cl)cc1NC(=O)CCc1c(C)c2ccc(O)cc2oc1=O. The first kappa shape index (κ1) is 20.4. The number of phenols is 1. The van der Waals surface area contributed by atoms with Gasteiger partial charge in [-0.1, -0.05) is 11.6 Å². The molecule has 3 rings (SSSR count). The zero-order valence-electron chi connectivity index (χ0n) is 15.7. The Morgan fingerprint density at radius 3 is 2.69 bits per heavy atom. The second kappa shape index (κ2) is 8.36. The maximum atomic E-state index is 12.4. The molecule has 0 bridgehead atoms. The lowest BCUT2D eigenvalue weighted by atomic mass is 10.0. The molecule has 2 aromatic carbocycles.